The van der Waals surface area contributed by atoms with Gasteiger partial charge in [-0.1, -0.05) is 30.3 Å². The molecule has 2 unspecified atom stereocenters. The zero-order valence-corrected chi connectivity index (χ0v) is 10.9. The maximum atomic E-state index is 3.85. The second kappa shape index (κ2) is 4.36. The van der Waals surface area contributed by atoms with Gasteiger partial charge in [-0.2, -0.15) is 0 Å². The highest BCUT2D eigenvalue weighted by Gasteiger charge is 2.46. The lowest BCUT2D eigenvalue weighted by molar-refractivity contribution is -0.0446. The molecule has 2 nitrogen and oxygen atoms in total. The average Bonchev–Trinajstić information content (AvgIpc) is 2.38. The quantitative estimate of drug-likeness (QED) is 0.873. The SMILES string of the molecule is c1ccc(CNC2C3CC4CC2CN(C4)C3)cc1. The van der Waals surface area contributed by atoms with E-state index in [-0.39, 0.29) is 0 Å². The summed E-state index contributed by atoms with van der Waals surface area (Å²) in [6.07, 6.45) is 2.94. The highest BCUT2D eigenvalue weighted by Crippen LogP contribution is 2.43. The van der Waals surface area contributed by atoms with Crippen molar-refractivity contribution in [1.29, 1.82) is 0 Å². The van der Waals surface area contributed by atoms with Crippen LogP contribution in [0.1, 0.15) is 18.4 Å². The van der Waals surface area contributed by atoms with E-state index < -0.39 is 0 Å². The molecule has 3 aliphatic heterocycles. The summed E-state index contributed by atoms with van der Waals surface area (Å²) < 4.78 is 0. The Balaban J connectivity index is 1.43. The number of nitrogens with zero attached hydrogens (tertiary/aromatic N) is 1. The molecule has 1 saturated carbocycles. The Hall–Kier alpha value is -0.860. The lowest BCUT2D eigenvalue weighted by atomic mass is 9.65. The van der Waals surface area contributed by atoms with E-state index in [1.54, 1.807) is 0 Å². The van der Waals surface area contributed by atoms with Gasteiger partial charge >= 0.3 is 0 Å². The van der Waals surface area contributed by atoms with Gasteiger partial charge in [-0.15, -0.1) is 0 Å². The van der Waals surface area contributed by atoms with Gasteiger partial charge in [0.1, 0.15) is 0 Å². The van der Waals surface area contributed by atoms with E-state index >= 15 is 0 Å². The van der Waals surface area contributed by atoms with Crippen molar-refractivity contribution in [3.8, 4) is 0 Å². The Morgan fingerprint density at radius 1 is 1.00 bits per heavy atom. The van der Waals surface area contributed by atoms with Gasteiger partial charge in [0, 0.05) is 32.2 Å². The van der Waals surface area contributed by atoms with Gasteiger partial charge in [0.2, 0.25) is 0 Å². The molecule has 1 aliphatic carbocycles. The molecule has 1 N–H and O–H groups in total. The fourth-order valence-corrected chi connectivity index (χ4v) is 4.57. The third-order valence-corrected chi connectivity index (χ3v) is 5.17. The molecule has 4 fully saturated rings. The predicted molar refractivity (Wildman–Crippen MR) is 73.2 cm³/mol. The molecule has 0 aromatic heterocycles. The van der Waals surface area contributed by atoms with Crippen LogP contribution in [-0.4, -0.2) is 30.6 Å². The summed E-state index contributed by atoms with van der Waals surface area (Å²) in [6, 6.07) is 11.6. The van der Waals surface area contributed by atoms with Gasteiger partial charge in [-0.3, -0.25) is 0 Å². The average molecular weight is 242 g/mol. The maximum absolute atomic E-state index is 3.85. The highest BCUT2D eigenvalue weighted by atomic mass is 15.2. The Kier molecular flexibility index (Phi) is 2.66. The number of hydrogen-bond donors (Lipinski definition) is 1. The fraction of sp³-hybridized carbons (Fsp3) is 0.625. The number of piperidine rings is 3. The lowest BCUT2D eigenvalue weighted by Crippen LogP contribution is -2.63. The Morgan fingerprint density at radius 3 is 2.39 bits per heavy atom. The van der Waals surface area contributed by atoms with Crippen LogP contribution in [0.4, 0.5) is 0 Å². The first-order chi connectivity index (χ1) is 8.88. The van der Waals surface area contributed by atoms with Crippen molar-refractivity contribution in [3.05, 3.63) is 35.9 Å². The molecule has 96 valence electrons. The normalized spacial score (nSPS) is 41.2. The molecule has 5 rings (SSSR count). The second-order valence-corrected chi connectivity index (χ2v) is 6.47. The highest BCUT2D eigenvalue weighted by molar-refractivity contribution is 5.15. The number of benzene rings is 1. The van der Waals surface area contributed by atoms with Crippen LogP contribution in [0.3, 0.4) is 0 Å². The molecule has 0 spiro atoms. The van der Waals surface area contributed by atoms with Crippen molar-refractivity contribution in [1.82, 2.24) is 10.2 Å². The van der Waals surface area contributed by atoms with Gasteiger partial charge in [-0.25, -0.2) is 0 Å². The predicted octanol–water partition coefficient (Wildman–Crippen LogP) is 2.12. The topological polar surface area (TPSA) is 15.3 Å². The number of hydrogen-bond acceptors (Lipinski definition) is 2. The molecule has 18 heavy (non-hydrogen) atoms. The van der Waals surface area contributed by atoms with Crippen LogP contribution in [-0.2, 0) is 6.54 Å². The molecule has 3 saturated heterocycles. The van der Waals surface area contributed by atoms with Crippen molar-refractivity contribution in [2.45, 2.75) is 25.4 Å². The Morgan fingerprint density at radius 2 is 1.72 bits per heavy atom. The molecule has 4 bridgehead atoms. The molecule has 3 heterocycles. The molecular weight excluding hydrogens is 220 g/mol. The van der Waals surface area contributed by atoms with Gasteiger partial charge in [-0.05, 0) is 36.2 Å². The number of nitrogens with one attached hydrogen (secondary N) is 1. The van der Waals surface area contributed by atoms with Gasteiger partial charge < -0.3 is 10.2 Å². The van der Waals surface area contributed by atoms with Crippen LogP contribution < -0.4 is 5.32 Å². The molecule has 2 heteroatoms. The van der Waals surface area contributed by atoms with E-state index in [1.807, 2.05) is 0 Å². The summed E-state index contributed by atoms with van der Waals surface area (Å²) in [5.41, 5.74) is 1.42. The Bertz CT molecular complexity index is 386. The van der Waals surface area contributed by atoms with Gasteiger partial charge in [0.15, 0.2) is 0 Å². The molecule has 0 amide bonds. The second-order valence-electron chi connectivity index (χ2n) is 6.47. The third-order valence-electron chi connectivity index (χ3n) is 5.17. The summed E-state index contributed by atoms with van der Waals surface area (Å²) in [7, 11) is 0. The zero-order chi connectivity index (χ0) is 11.9. The third kappa shape index (κ3) is 1.88. The first-order valence-corrected chi connectivity index (χ1v) is 7.38. The van der Waals surface area contributed by atoms with E-state index in [1.165, 1.54) is 38.0 Å². The van der Waals surface area contributed by atoms with E-state index in [0.29, 0.717) is 0 Å². The minimum Gasteiger partial charge on any atom is -0.309 e. The molecule has 4 aliphatic rings. The summed E-state index contributed by atoms with van der Waals surface area (Å²) >= 11 is 0. The summed E-state index contributed by atoms with van der Waals surface area (Å²) in [4.78, 5) is 2.70. The van der Waals surface area contributed by atoms with Crippen molar-refractivity contribution in [3.63, 3.8) is 0 Å². The zero-order valence-electron chi connectivity index (χ0n) is 10.9. The molecule has 2 atom stereocenters. The van der Waals surface area contributed by atoms with Crippen LogP contribution in [0.25, 0.3) is 0 Å². The van der Waals surface area contributed by atoms with Gasteiger partial charge in [0.05, 0.1) is 0 Å². The first kappa shape index (κ1) is 11.0. The summed E-state index contributed by atoms with van der Waals surface area (Å²) in [5.74, 6) is 2.84. The van der Waals surface area contributed by atoms with Crippen molar-refractivity contribution < 1.29 is 0 Å². The minimum absolute atomic E-state index is 0.776. The summed E-state index contributed by atoms with van der Waals surface area (Å²) in [5, 5.41) is 3.85. The summed E-state index contributed by atoms with van der Waals surface area (Å²) in [6.45, 7) is 5.13. The van der Waals surface area contributed by atoms with Crippen LogP contribution >= 0.6 is 0 Å². The Labute approximate surface area is 109 Å². The number of rotatable bonds is 3. The minimum atomic E-state index is 0.776. The monoisotopic (exact) mass is 242 g/mol. The lowest BCUT2D eigenvalue weighted by Gasteiger charge is -2.56. The molecular formula is C16H22N2. The van der Waals surface area contributed by atoms with Crippen LogP contribution in [0.2, 0.25) is 0 Å². The van der Waals surface area contributed by atoms with E-state index in [0.717, 1.165) is 30.3 Å². The van der Waals surface area contributed by atoms with E-state index in [9.17, 15) is 0 Å². The molecule has 0 radical (unpaired) electrons. The van der Waals surface area contributed by atoms with Crippen molar-refractivity contribution >= 4 is 0 Å². The van der Waals surface area contributed by atoms with Crippen LogP contribution in [0.15, 0.2) is 30.3 Å². The molecule has 1 aromatic rings. The van der Waals surface area contributed by atoms with Crippen LogP contribution in [0.5, 0.6) is 0 Å². The standard InChI is InChI=1S/C16H22N2/c1-2-4-12(5-3-1)8-17-16-14-6-13-7-15(16)11-18(9-13)10-14/h1-5,13-17H,6-11H2. The van der Waals surface area contributed by atoms with E-state index in [4.69, 9.17) is 0 Å². The molecule has 1 aromatic carbocycles. The first-order valence-electron chi connectivity index (χ1n) is 7.38. The fourth-order valence-electron chi connectivity index (χ4n) is 4.57. The largest absolute Gasteiger partial charge is 0.309 e. The van der Waals surface area contributed by atoms with Crippen molar-refractivity contribution in [2.24, 2.45) is 17.8 Å². The van der Waals surface area contributed by atoms with Crippen LogP contribution in [0, 0.1) is 17.8 Å². The smallest absolute Gasteiger partial charge is 0.0208 e. The maximum Gasteiger partial charge on any atom is 0.0208 e. The van der Waals surface area contributed by atoms with E-state index in [2.05, 4.69) is 40.5 Å². The van der Waals surface area contributed by atoms with Gasteiger partial charge in [0.25, 0.3) is 0 Å². The van der Waals surface area contributed by atoms with Crippen molar-refractivity contribution in [2.75, 3.05) is 19.6 Å².